The maximum atomic E-state index is 5.75. The van der Waals surface area contributed by atoms with E-state index in [0.29, 0.717) is 0 Å². The molecule has 1 nitrogen and oxygen atoms in total. The molecule has 0 unspecified atom stereocenters. The van der Waals surface area contributed by atoms with E-state index in [0.717, 1.165) is 28.3 Å². The fourth-order valence-corrected chi connectivity index (χ4v) is 4.01. The van der Waals surface area contributed by atoms with Crippen LogP contribution in [0.4, 0.5) is 0 Å². The van der Waals surface area contributed by atoms with Crippen LogP contribution in [0.3, 0.4) is 0 Å². The highest BCUT2D eigenvalue weighted by atomic mass is 79.9. The largest absolute Gasteiger partial charge is 0.330 e. The molecule has 3 rings (SSSR count). The van der Waals surface area contributed by atoms with E-state index in [1.54, 1.807) is 0 Å². The first-order valence-electron chi connectivity index (χ1n) is 6.87. The van der Waals surface area contributed by atoms with Gasteiger partial charge in [-0.15, -0.1) is 0 Å². The third-order valence-corrected chi connectivity index (χ3v) is 5.31. The zero-order valence-electron chi connectivity index (χ0n) is 11.4. The second kappa shape index (κ2) is 5.28. The van der Waals surface area contributed by atoms with Crippen molar-refractivity contribution in [3.63, 3.8) is 0 Å². The van der Waals surface area contributed by atoms with E-state index >= 15 is 0 Å². The molecule has 2 aromatic rings. The number of fused-ring (bicyclic) bond motifs is 3. The number of halogens is 2. The molecule has 1 aliphatic rings. The maximum Gasteiger partial charge on any atom is 0.0188 e. The van der Waals surface area contributed by atoms with Crippen LogP contribution < -0.4 is 5.73 Å². The number of rotatable bonds is 3. The van der Waals surface area contributed by atoms with Crippen molar-refractivity contribution in [2.45, 2.75) is 25.2 Å². The van der Waals surface area contributed by atoms with Crippen molar-refractivity contribution >= 4 is 31.9 Å². The Labute approximate surface area is 136 Å². The lowest BCUT2D eigenvalue weighted by atomic mass is 9.76. The van der Waals surface area contributed by atoms with Crippen molar-refractivity contribution in [1.29, 1.82) is 0 Å². The quantitative estimate of drug-likeness (QED) is 0.756. The van der Waals surface area contributed by atoms with Gasteiger partial charge in [-0.3, -0.25) is 0 Å². The lowest BCUT2D eigenvalue weighted by molar-refractivity contribution is 0.512. The van der Waals surface area contributed by atoms with Gasteiger partial charge in [-0.1, -0.05) is 50.9 Å². The Hall–Kier alpha value is -0.640. The van der Waals surface area contributed by atoms with Gasteiger partial charge >= 0.3 is 0 Å². The van der Waals surface area contributed by atoms with Crippen molar-refractivity contribution in [1.82, 2.24) is 0 Å². The minimum atomic E-state index is 0.0532. The van der Waals surface area contributed by atoms with Gasteiger partial charge in [-0.05, 0) is 65.9 Å². The van der Waals surface area contributed by atoms with E-state index in [1.165, 1.54) is 22.3 Å². The Bertz CT molecular complexity index is 613. The van der Waals surface area contributed by atoms with Crippen molar-refractivity contribution in [2.75, 3.05) is 6.54 Å². The molecule has 0 saturated heterocycles. The lowest BCUT2D eigenvalue weighted by Gasteiger charge is -2.27. The van der Waals surface area contributed by atoms with E-state index in [4.69, 9.17) is 5.73 Å². The maximum absolute atomic E-state index is 5.75. The second-order valence-corrected chi connectivity index (χ2v) is 7.44. The average Bonchev–Trinajstić information content (AvgIpc) is 2.67. The van der Waals surface area contributed by atoms with Crippen LogP contribution in [-0.2, 0) is 5.41 Å². The molecule has 104 valence electrons. The topological polar surface area (TPSA) is 26.0 Å². The van der Waals surface area contributed by atoms with Crippen LogP contribution in [-0.4, -0.2) is 6.54 Å². The Morgan fingerprint density at radius 1 is 0.950 bits per heavy atom. The molecule has 0 atom stereocenters. The summed E-state index contributed by atoms with van der Waals surface area (Å²) in [5, 5.41) is 0. The predicted molar refractivity (Wildman–Crippen MR) is 92.0 cm³/mol. The average molecular weight is 395 g/mol. The lowest BCUT2D eigenvalue weighted by Crippen LogP contribution is -2.22. The third-order valence-electron chi connectivity index (χ3n) is 4.32. The molecule has 0 aliphatic heterocycles. The summed E-state index contributed by atoms with van der Waals surface area (Å²) in [6.07, 6.45) is 2.12. The highest BCUT2D eigenvalue weighted by Gasteiger charge is 2.38. The highest BCUT2D eigenvalue weighted by molar-refractivity contribution is 9.10. The van der Waals surface area contributed by atoms with E-state index in [1.807, 2.05) is 0 Å². The monoisotopic (exact) mass is 393 g/mol. The molecule has 0 saturated carbocycles. The van der Waals surface area contributed by atoms with Crippen LogP contribution in [0.25, 0.3) is 11.1 Å². The van der Waals surface area contributed by atoms with E-state index in [9.17, 15) is 0 Å². The molecule has 0 amide bonds. The van der Waals surface area contributed by atoms with Gasteiger partial charge < -0.3 is 5.73 Å². The summed E-state index contributed by atoms with van der Waals surface area (Å²) < 4.78 is 2.28. The molecule has 0 fully saturated rings. The first kappa shape index (κ1) is 14.3. The zero-order chi connectivity index (χ0) is 14.3. The minimum Gasteiger partial charge on any atom is -0.330 e. The van der Waals surface area contributed by atoms with Crippen LogP contribution in [0.15, 0.2) is 45.3 Å². The SMILES string of the molecule is CC1(CCCN)c2cc(Br)ccc2-c2ccc(Br)cc21. The molecular weight excluding hydrogens is 378 g/mol. The van der Waals surface area contributed by atoms with Gasteiger partial charge in [0, 0.05) is 14.4 Å². The fraction of sp³-hybridized carbons (Fsp3) is 0.294. The van der Waals surface area contributed by atoms with Gasteiger partial charge in [0.25, 0.3) is 0 Å². The zero-order valence-corrected chi connectivity index (χ0v) is 14.6. The molecule has 20 heavy (non-hydrogen) atoms. The normalized spacial score (nSPS) is 15.0. The first-order valence-corrected chi connectivity index (χ1v) is 8.45. The van der Waals surface area contributed by atoms with E-state index < -0.39 is 0 Å². The highest BCUT2D eigenvalue weighted by Crippen LogP contribution is 2.52. The Morgan fingerprint density at radius 3 is 1.90 bits per heavy atom. The molecule has 0 bridgehead atoms. The number of hydrogen-bond donors (Lipinski definition) is 1. The van der Waals surface area contributed by atoms with Crippen molar-refractivity contribution in [3.8, 4) is 11.1 Å². The molecule has 0 heterocycles. The van der Waals surface area contributed by atoms with Crippen LogP contribution in [0.5, 0.6) is 0 Å². The summed E-state index contributed by atoms with van der Waals surface area (Å²) in [5.41, 5.74) is 11.3. The van der Waals surface area contributed by atoms with E-state index in [2.05, 4.69) is 75.2 Å². The molecule has 0 aromatic heterocycles. The molecular formula is C17H17Br2N. The Kier molecular flexibility index (Phi) is 3.78. The van der Waals surface area contributed by atoms with Crippen LogP contribution in [0.2, 0.25) is 0 Å². The summed E-state index contributed by atoms with van der Waals surface area (Å²) >= 11 is 7.22. The summed E-state index contributed by atoms with van der Waals surface area (Å²) in [4.78, 5) is 0. The van der Waals surface area contributed by atoms with Gasteiger partial charge in [0.1, 0.15) is 0 Å². The molecule has 2 N–H and O–H groups in total. The van der Waals surface area contributed by atoms with Crippen molar-refractivity contribution in [3.05, 3.63) is 56.5 Å². The van der Waals surface area contributed by atoms with Crippen LogP contribution in [0.1, 0.15) is 30.9 Å². The fourth-order valence-electron chi connectivity index (χ4n) is 3.29. The first-order chi connectivity index (χ1) is 9.56. The van der Waals surface area contributed by atoms with Crippen LogP contribution >= 0.6 is 31.9 Å². The molecule has 2 aromatic carbocycles. The van der Waals surface area contributed by atoms with Gasteiger partial charge in [0.05, 0.1) is 0 Å². The summed E-state index contributed by atoms with van der Waals surface area (Å²) in [7, 11) is 0. The number of nitrogens with two attached hydrogens (primary N) is 1. The van der Waals surface area contributed by atoms with E-state index in [-0.39, 0.29) is 5.41 Å². The Balaban J connectivity index is 2.24. The molecule has 3 heteroatoms. The van der Waals surface area contributed by atoms with Crippen LogP contribution in [0, 0.1) is 0 Å². The molecule has 0 spiro atoms. The Morgan fingerprint density at radius 2 is 1.45 bits per heavy atom. The summed E-state index contributed by atoms with van der Waals surface area (Å²) in [6.45, 7) is 3.08. The van der Waals surface area contributed by atoms with Crippen molar-refractivity contribution < 1.29 is 0 Å². The molecule has 1 aliphatic carbocycles. The smallest absolute Gasteiger partial charge is 0.0188 e. The second-order valence-electron chi connectivity index (χ2n) is 5.60. The molecule has 0 radical (unpaired) electrons. The van der Waals surface area contributed by atoms with Crippen molar-refractivity contribution in [2.24, 2.45) is 5.73 Å². The standard InChI is InChI=1S/C17H17Br2N/c1-17(7-2-8-20)15-9-11(18)3-5-13(15)14-6-4-12(19)10-16(14)17/h3-6,9-10H,2,7-8,20H2,1H3. The number of hydrogen-bond acceptors (Lipinski definition) is 1. The number of benzene rings is 2. The van der Waals surface area contributed by atoms with Gasteiger partial charge in [-0.2, -0.15) is 0 Å². The third kappa shape index (κ3) is 2.16. The predicted octanol–water partition coefficient (Wildman–Crippen LogP) is 5.24. The summed E-state index contributed by atoms with van der Waals surface area (Å²) in [6, 6.07) is 13.2. The summed E-state index contributed by atoms with van der Waals surface area (Å²) in [5.74, 6) is 0. The van der Waals surface area contributed by atoms with Gasteiger partial charge in [-0.25, -0.2) is 0 Å². The van der Waals surface area contributed by atoms with Gasteiger partial charge in [0.15, 0.2) is 0 Å². The van der Waals surface area contributed by atoms with Gasteiger partial charge in [0.2, 0.25) is 0 Å². The minimum absolute atomic E-state index is 0.0532.